The van der Waals surface area contributed by atoms with Gasteiger partial charge in [0, 0.05) is 11.4 Å². The molecule has 0 spiro atoms. The largest absolute Gasteiger partial charge is 0.494 e. The van der Waals surface area contributed by atoms with Crippen molar-refractivity contribution in [3.8, 4) is 5.75 Å². The van der Waals surface area contributed by atoms with Crippen molar-refractivity contribution >= 4 is 17.5 Å². The van der Waals surface area contributed by atoms with Gasteiger partial charge in [0.2, 0.25) is 5.95 Å². The predicted octanol–water partition coefficient (Wildman–Crippen LogP) is 4.94. The molecule has 0 saturated heterocycles. The molecule has 1 aromatic heterocycles. The van der Waals surface area contributed by atoms with Gasteiger partial charge in [-0.1, -0.05) is 43.7 Å². The molecule has 1 aliphatic rings. The number of hydrogen-bond acceptors (Lipinski definition) is 5. The highest BCUT2D eigenvalue weighted by Crippen LogP contribution is 2.35. The topological polar surface area (TPSA) is 81.1 Å². The number of fused-ring (bicyclic) bond motifs is 1. The van der Waals surface area contributed by atoms with Gasteiger partial charge < -0.3 is 15.4 Å². The Balaban J connectivity index is 1.62. The third-order valence-corrected chi connectivity index (χ3v) is 5.51. The van der Waals surface area contributed by atoms with Crippen LogP contribution < -0.4 is 15.4 Å². The van der Waals surface area contributed by atoms with E-state index in [1.165, 1.54) is 6.33 Å². The van der Waals surface area contributed by atoms with Crippen LogP contribution in [0.2, 0.25) is 0 Å². The summed E-state index contributed by atoms with van der Waals surface area (Å²) in [5, 5.41) is 10.6. The maximum absolute atomic E-state index is 13.4. The van der Waals surface area contributed by atoms with Gasteiger partial charge in [-0.05, 0) is 56.0 Å². The van der Waals surface area contributed by atoms with Crippen LogP contribution in [0, 0.1) is 12.8 Å². The number of carbonyl (C=O) groups is 1. The monoisotopic (exact) mass is 431 g/mol. The van der Waals surface area contributed by atoms with E-state index in [0.29, 0.717) is 24.0 Å². The number of amides is 1. The molecule has 0 aliphatic carbocycles. The Kier molecular flexibility index (Phi) is 6.25. The number of nitrogens with one attached hydrogen (secondary N) is 2. The minimum Gasteiger partial charge on any atom is -0.494 e. The van der Waals surface area contributed by atoms with Gasteiger partial charge in [0.05, 0.1) is 12.2 Å². The molecule has 32 heavy (non-hydrogen) atoms. The number of aryl methyl sites for hydroxylation is 1. The fraction of sp³-hybridized carbons (Fsp3) is 0.320. The average molecular weight is 432 g/mol. The molecule has 0 fully saturated rings. The third kappa shape index (κ3) is 4.66. The van der Waals surface area contributed by atoms with E-state index < -0.39 is 6.04 Å². The number of rotatable bonds is 7. The lowest BCUT2D eigenvalue weighted by molar-refractivity contribution is -0.113. The Morgan fingerprint density at radius 3 is 2.53 bits per heavy atom. The van der Waals surface area contributed by atoms with Crippen LogP contribution in [0.3, 0.4) is 0 Å². The minimum atomic E-state index is -0.399. The number of hydrogen-bond donors (Lipinski definition) is 2. The fourth-order valence-electron chi connectivity index (χ4n) is 3.69. The summed E-state index contributed by atoms with van der Waals surface area (Å²) in [4.78, 5) is 17.7. The van der Waals surface area contributed by atoms with Gasteiger partial charge in [0.1, 0.15) is 18.1 Å². The average Bonchev–Trinajstić information content (AvgIpc) is 3.22. The molecule has 0 saturated carbocycles. The van der Waals surface area contributed by atoms with Gasteiger partial charge in [0.15, 0.2) is 0 Å². The molecule has 7 nitrogen and oxygen atoms in total. The van der Waals surface area contributed by atoms with Crippen LogP contribution in [-0.2, 0) is 4.79 Å². The van der Waals surface area contributed by atoms with Gasteiger partial charge >= 0.3 is 0 Å². The Morgan fingerprint density at radius 2 is 1.84 bits per heavy atom. The van der Waals surface area contributed by atoms with Crippen LogP contribution >= 0.6 is 0 Å². The zero-order valence-corrected chi connectivity index (χ0v) is 18.9. The smallest absolute Gasteiger partial charge is 0.255 e. The van der Waals surface area contributed by atoms with Crippen molar-refractivity contribution in [1.29, 1.82) is 0 Å². The number of allylic oxidation sites excluding steroid dienone is 1. The zero-order valence-electron chi connectivity index (χ0n) is 18.9. The summed E-state index contributed by atoms with van der Waals surface area (Å²) in [6.07, 6.45) is 2.50. The van der Waals surface area contributed by atoms with Gasteiger partial charge in [-0.2, -0.15) is 10.1 Å². The van der Waals surface area contributed by atoms with Crippen LogP contribution in [-0.4, -0.2) is 27.3 Å². The number of ether oxygens (including phenoxy) is 1. The van der Waals surface area contributed by atoms with Gasteiger partial charge in [-0.3, -0.25) is 4.79 Å². The van der Waals surface area contributed by atoms with E-state index in [-0.39, 0.29) is 5.91 Å². The summed E-state index contributed by atoms with van der Waals surface area (Å²) >= 11 is 0. The molecular formula is C25H29N5O2. The SMILES string of the molecule is CC1=C(C(=O)Nc2ccc(C)cc2)C(c2ccc(OCCC(C)C)cc2)n2ncnc2N1. The highest BCUT2D eigenvalue weighted by atomic mass is 16.5. The molecule has 7 heteroatoms. The van der Waals surface area contributed by atoms with Crippen molar-refractivity contribution in [2.45, 2.75) is 40.2 Å². The van der Waals surface area contributed by atoms with E-state index in [9.17, 15) is 4.79 Å². The summed E-state index contributed by atoms with van der Waals surface area (Å²) in [6, 6.07) is 15.2. The molecule has 2 N–H and O–H groups in total. The van der Waals surface area contributed by atoms with Crippen LogP contribution in [0.25, 0.3) is 0 Å². The second-order valence-electron chi connectivity index (χ2n) is 8.51. The quantitative estimate of drug-likeness (QED) is 0.554. The summed E-state index contributed by atoms with van der Waals surface area (Å²) in [5.74, 6) is 1.84. The molecule has 2 aromatic carbocycles. The summed E-state index contributed by atoms with van der Waals surface area (Å²) in [5.41, 5.74) is 4.16. The Hall–Kier alpha value is -3.61. The van der Waals surface area contributed by atoms with E-state index >= 15 is 0 Å². The van der Waals surface area contributed by atoms with Crippen LogP contribution in [0.4, 0.5) is 11.6 Å². The number of benzene rings is 2. The molecule has 4 rings (SSSR count). The van der Waals surface area contributed by atoms with Crippen molar-refractivity contribution < 1.29 is 9.53 Å². The number of nitrogens with zero attached hydrogens (tertiary/aromatic N) is 3. The Morgan fingerprint density at radius 1 is 1.12 bits per heavy atom. The van der Waals surface area contributed by atoms with Gasteiger partial charge in [-0.15, -0.1) is 0 Å². The third-order valence-electron chi connectivity index (χ3n) is 5.51. The molecule has 3 aromatic rings. The molecule has 1 amide bonds. The highest BCUT2D eigenvalue weighted by Gasteiger charge is 2.33. The van der Waals surface area contributed by atoms with Crippen molar-refractivity contribution in [1.82, 2.24) is 14.8 Å². The van der Waals surface area contributed by atoms with E-state index in [2.05, 4.69) is 34.6 Å². The predicted molar refractivity (Wildman–Crippen MR) is 126 cm³/mol. The number of carbonyl (C=O) groups excluding carboxylic acids is 1. The molecule has 1 aliphatic heterocycles. The Bertz CT molecular complexity index is 1110. The van der Waals surface area contributed by atoms with Crippen molar-refractivity contribution in [3.63, 3.8) is 0 Å². The molecule has 1 atom stereocenters. The second kappa shape index (κ2) is 9.26. The van der Waals surface area contributed by atoms with Crippen molar-refractivity contribution in [2.75, 3.05) is 17.2 Å². The first-order valence-corrected chi connectivity index (χ1v) is 10.9. The molecular weight excluding hydrogens is 402 g/mol. The standard InChI is InChI=1S/C25H29N5O2/c1-16(2)13-14-32-21-11-7-19(8-12-21)23-22(18(4)28-25-26-15-27-30(23)25)24(31)29-20-9-5-17(3)6-10-20/h5-12,15-16,23H,13-14H2,1-4H3,(H,29,31)(H,26,27,28). The molecule has 0 radical (unpaired) electrons. The van der Waals surface area contributed by atoms with Gasteiger partial charge in [0.25, 0.3) is 5.91 Å². The molecule has 2 heterocycles. The summed E-state index contributed by atoms with van der Waals surface area (Å²) in [6.45, 7) is 8.94. The van der Waals surface area contributed by atoms with Crippen molar-refractivity contribution in [2.24, 2.45) is 5.92 Å². The summed E-state index contributed by atoms with van der Waals surface area (Å²) < 4.78 is 7.60. The maximum atomic E-state index is 13.4. The first-order valence-electron chi connectivity index (χ1n) is 10.9. The lowest BCUT2D eigenvalue weighted by atomic mass is 9.95. The molecule has 0 bridgehead atoms. The molecule has 1 unspecified atom stereocenters. The number of aromatic nitrogens is 3. The lowest BCUT2D eigenvalue weighted by Gasteiger charge is -2.28. The van der Waals surface area contributed by atoms with E-state index in [4.69, 9.17) is 4.74 Å². The van der Waals surface area contributed by atoms with Gasteiger partial charge in [-0.25, -0.2) is 4.68 Å². The minimum absolute atomic E-state index is 0.178. The zero-order chi connectivity index (χ0) is 22.7. The first kappa shape index (κ1) is 21.6. The lowest BCUT2D eigenvalue weighted by Crippen LogP contribution is -2.31. The van der Waals surface area contributed by atoms with E-state index in [1.54, 1.807) is 4.68 Å². The second-order valence-corrected chi connectivity index (χ2v) is 8.51. The summed E-state index contributed by atoms with van der Waals surface area (Å²) in [7, 11) is 0. The highest BCUT2D eigenvalue weighted by molar-refractivity contribution is 6.06. The van der Waals surface area contributed by atoms with Crippen LogP contribution in [0.15, 0.2) is 66.1 Å². The van der Waals surface area contributed by atoms with E-state index in [0.717, 1.165) is 34.7 Å². The number of anilines is 2. The maximum Gasteiger partial charge on any atom is 0.255 e. The molecule has 166 valence electrons. The first-order chi connectivity index (χ1) is 15.4. The van der Waals surface area contributed by atoms with Crippen LogP contribution in [0.1, 0.15) is 44.4 Å². The van der Waals surface area contributed by atoms with Crippen LogP contribution in [0.5, 0.6) is 5.75 Å². The van der Waals surface area contributed by atoms with E-state index in [1.807, 2.05) is 62.4 Å². The Labute approximate surface area is 188 Å². The fourth-order valence-corrected chi connectivity index (χ4v) is 3.69. The normalized spacial score (nSPS) is 15.3. The van der Waals surface area contributed by atoms with Crippen molar-refractivity contribution in [3.05, 3.63) is 77.3 Å².